The summed E-state index contributed by atoms with van der Waals surface area (Å²) in [5, 5.41) is 17.0. The van der Waals surface area contributed by atoms with Crippen LogP contribution < -0.4 is 10.5 Å². The molecule has 104 valence electrons. The first-order valence-electron chi connectivity index (χ1n) is 5.80. The van der Waals surface area contributed by atoms with E-state index >= 15 is 0 Å². The molecule has 0 aliphatic heterocycles. The molecule has 0 aliphatic rings. The zero-order valence-electron chi connectivity index (χ0n) is 10.5. The Kier molecular flexibility index (Phi) is 4.52. The van der Waals surface area contributed by atoms with Crippen molar-refractivity contribution in [3.63, 3.8) is 0 Å². The molecule has 1 aromatic heterocycles. The maximum Gasteiger partial charge on any atom is 0.238 e. The Hall–Kier alpha value is -1.72. The number of sulfonamides is 1. The van der Waals surface area contributed by atoms with Gasteiger partial charge in [0.1, 0.15) is 10.9 Å². The largest absolute Gasteiger partial charge is 0.308 e. The fraction of sp³-hybridized carbons (Fsp3) is 0.154. The zero-order valence-corrected chi connectivity index (χ0v) is 12.2. The van der Waals surface area contributed by atoms with Crippen LogP contribution in [0.2, 0.25) is 0 Å². The zero-order chi connectivity index (χ0) is 14.6. The molecule has 1 heterocycles. The summed E-state index contributed by atoms with van der Waals surface area (Å²) >= 11 is 1.45. The maximum atomic E-state index is 11.1. The van der Waals surface area contributed by atoms with Gasteiger partial charge in [0.15, 0.2) is 0 Å². The topological polar surface area (TPSA) is 96.0 Å². The molecule has 0 radical (unpaired) electrons. The Balaban J connectivity index is 1.90. The molecule has 20 heavy (non-hydrogen) atoms. The number of rotatable bonds is 5. The van der Waals surface area contributed by atoms with Gasteiger partial charge in [-0.1, -0.05) is 12.1 Å². The summed E-state index contributed by atoms with van der Waals surface area (Å²) < 4.78 is 22.2. The van der Waals surface area contributed by atoms with E-state index in [1.165, 1.54) is 23.5 Å². The van der Waals surface area contributed by atoms with Gasteiger partial charge >= 0.3 is 0 Å². The first kappa shape index (κ1) is 14.7. The van der Waals surface area contributed by atoms with Crippen LogP contribution in [0.25, 0.3) is 0 Å². The number of nitrogens with one attached hydrogen (secondary N) is 1. The van der Waals surface area contributed by atoms with Crippen LogP contribution in [0, 0.1) is 11.3 Å². The third kappa shape index (κ3) is 3.88. The molecule has 0 fully saturated rings. The van der Waals surface area contributed by atoms with Crippen molar-refractivity contribution >= 4 is 21.4 Å². The summed E-state index contributed by atoms with van der Waals surface area (Å²) in [6.07, 6.45) is 0. The molecule has 0 saturated carbocycles. The van der Waals surface area contributed by atoms with Gasteiger partial charge in [-0.3, -0.25) is 0 Å². The van der Waals surface area contributed by atoms with Crippen molar-refractivity contribution in [2.45, 2.75) is 18.0 Å². The van der Waals surface area contributed by atoms with Gasteiger partial charge in [0.2, 0.25) is 10.0 Å². The quantitative estimate of drug-likeness (QED) is 0.876. The summed E-state index contributed by atoms with van der Waals surface area (Å²) in [6, 6.07) is 12.2. The van der Waals surface area contributed by atoms with Gasteiger partial charge in [-0.25, -0.2) is 13.6 Å². The fourth-order valence-electron chi connectivity index (χ4n) is 1.66. The monoisotopic (exact) mass is 307 g/mol. The van der Waals surface area contributed by atoms with Crippen LogP contribution in [0.3, 0.4) is 0 Å². The number of primary sulfonamides is 1. The maximum absolute atomic E-state index is 11.1. The first-order chi connectivity index (χ1) is 9.49. The number of thiophene rings is 1. The molecular weight excluding hydrogens is 294 g/mol. The van der Waals surface area contributed by atoms with Gasteiger partial charge in [-0.15, -0.1) is 11.3 Å². The highest BCUT2D eigenvalue weighted by molar-refractivity contribution is 7.89. The lowest BCUT2D eigenvalue weighted by Gasteiger charge is -2.04. The highest BCUT2D eigenvalue weighted by atomic mass is 32.2. The summed E-state index contributed by atoms with van der Waals surface area (Å²) in [7, 11) is -3.63. The van der Waals surface area contributed by atoms with Crippen molar-refractivity contribution in [3.8, 4) is 6.07 Å². The van der Waals surface area contributed by atoms with E-state index < -0.39 is 10.0 Å². The van der Waals surface area contributed by atoms with Crippen LogP contribution in [-0.2, 0) is 23.1 Å². The van der Waals surface area contributed by atoms with Crippen molar-refractivity contribution in [2.24, 2.45) is 5.14 Å². The number of benzene rings is 1. The Morgan fingerprint density at radius 1 is 1.15 bits per heavy atom. The SMILES string of the molecule is N#Cc1ccc(CNCc2ccc(S(N)(=O)=O)cc2)s1. The van der Waals surface area contributed by atoms with Crippen molar-refractivity contribution in [1.29, 1.82) is 5.26 Å². The highest BCUT2D eigenvalue weighted by Crippen LogP contribution is 2.15. The van der Waals surface area contributed by atoms with Gasteiger partial charge in [0.05, 0.1) is 4.90 Å². The minimum absolute atomic E-state index is 0.109. The van der Waals surface area contributed by atoms with E-state index in [0.717, 1.165) is 10.4 Å². The van der Waals surface area contributed by atoms with E-state index in [0.29, 0.717) is 18.0 Å². The molecule has 0 amide bonds. The molecule has 7 heteroatoms. The van der Waals surface area contributed by atoms with E-state index in [2.05, 4.69) is 11.4 Å². The van der Waals surface area contributed by atoms with Crippen molar-refractivity contribution in [2.75, 3.05) is 0 Å². The van der Waals surface area contributed by atoms with Gasteiger partial charge < -0.3 is 5.32 Å². The lowest BCUT2D eigenvalue weighted by atomic mass is 10.2. The van der Waals surface area contributed by atoms with E-state index in [1.54, 1.807) is 18.2 Å². The van der Waals surface area contributed by atoms with Crippen LogP contribution >= 0.6 is 11.3 Å². The number of nitrogens with zero attached hydrogens (tertiary/aromatic N) is 1. The Bertz CT molecular complexity index is 728. The first-order valence-corrected chi connectivity index (χ1v) is 8.16. The average Bonchev–Trinajstić information content (AvgIpc) is 2.86. The normalized spacial score (nSPS) is 11.2. The Morgan fingerprint density at radius 2 is 1.85 bits per heavy atom. The van der Waals surface area contributed by atoms with E-state index in [9.17, 15) is 8.42 Å². The summed E-state index contributed by atoms with van der Waals surface area (Å²) in [6.45, 7) is 1.29. The van der Waals surface area contributed by atoms with Crippen LogP contribution in [0.1, 0.15) is 15.3 Å². The van der Waals surface area contributed by atoms with Crippen LogP contribution in [0.4, 0.5) is 0 Å². The van der Waals surface area contributed by atoms with Crippen molar-refractivity contribution in [3.05, 3.63) is 51.7 Å². The Morgan fingerprint density at radius 3 is 2.40 bits per heavy atom. The lowest BCUT2D eigenvalue weighted by molar-refractivity contribution is 0.597. The van der Waals surface area contributed by atoms with Crippen LogP contribution in [-0.4, -0.2) is 8.42 Å². The third-order valence-electron chi connectivity index (χ3n) is 2.65. The fourth-order valence-corrected chi connectivity index (χ4v) is 2.95. The Labute approximate surface area is 121 Å². The summed E-state index contributed by atoms with van der Waals surface area (Å²) in [5.41, 5.74) is 0.967. The molecule has 1 aromatic carbocycles. The van der Waals surface area contributed by atoms with E-state index in [4.69, 9.17) is 10.4 Å². The van der Waals surface area contributed by atoms with Gasteiger partial charge in [0, 0.05) is 18.0 Å². The average molecular weight is 307 g/mol. The van der Waals surface area contributed by atoms with Crippen LogP contribution in [0.15, 0.2) is 41.3 Å². The van der Waals surface area contributed by atoms with Gasteiger partial charge in [0.25, 0.3) is 0 Å². The molecule has 0 spiro atoms. The molecule has 5 nitrogen and oxygen atoms in total. The molecule has 0 aliphatic carbocycles. The number of nitriles is 1. The molecule has 0 saturated heterocycles. The van der Waals surface area contributed by atoms with Crippen LogP contribution in [0.5, 0.6) is 0 Å². The molecule has 0 unspecified atom stereocenters. The standard InChI is InChI=1S/C13H13N3O2S2/c14-7-11-3-4-12(19-11)9-16-8-10-1-5-13(6-2-10)20(15,17)18/h1-6,16H,8-9H2,(H2,15,17,18). The summed E-state index contributed by atoms with van der Waals surface area (Å²) in [5.74, 6) is 0. The molecule has 3 N–H and O–H groups in total. The van der Waals surface area contributed by atoms with Crippen molar-refractivity contribution in [1.82, 2.24) is 5.32 Å². The van der Waals surface area contributed by atoms with Crippen molar-refractivity contribution < 1.29 is 8.42 Å². The minimum atomic E-state index is -3.63. The molecule has 2 aromatic rings. The number of hydrogen-bond donors (Lipinski definition) is 2. The van der Waals surface area contributed by atoms with E-state index in [1.807, 2.05) is 6.07 Å². The second-order valence-electron chi connectivity index (χ2n) is 4.17. The van der Waals surface area contributed by atoms with Gasteiger partial charge in [-0.2, -0.15) is 5.26 Å². The summed E-state index contributed by atoms with van der Waals surface area (Å²) in [4.78, 5) is 1.89. The van der Waals surface area contributed by atoms with Gasteiger partial charge in [-0.05, 0) is 29.8 Å². The second kappa shape index (κ2) is 6.15. The lowest BCUT2D eigenvalue weighted by Crippen LogP contribution is -2.13. The molecular formula is C13H13N3O2S2. The number of hydrogen-bond acceptors (Lipinski definition) is 5. The molecule has 2 rings (SSSR count). The second-order valence-corrected chi connectivity index (χ2v) is 6.90. The smallest absolute Gasteiger partial charge is 0.238 e. The molecule has 0 atom stereocenters. The third-order valence-corrected chi connectivity index (χ3v) is 4.57. The number of nitrogens with two attached hydrogens (primary N) is 1. The highest BCUT2D eigenvalue weighted by Gasteiger charge is 2.06. The predicted octanol–water partition coefficient (Wildman–Crippen LogP) is 1.56. The molecule has 0 bridgehead atoms. The minimum Gasteiger partial charge on any atom is -0.308 e. The predicted molar refractivity (Wildman–Crippen MR) is 77.4 cm³/mol. The van der Waals surface area contributed by atoms with E-state index in [-0.39, 0.29) is 4.90 Å².